The summed E-state index contributed by atoms with van der Waals surface area (Å²) in [6.07, 6.45) is 1.08. The molecule has 180 valence electrons. The standard InChI is InChI=1S/C24H32N4O4.HI/c1-5-31-21-13-18-12-16(2)32-22(18)14-19(21)15-28-24(25-3)27-11-10-26-23(29)17-6-8-20(30-4)9-7-17;/h6-9,13-14,16H,5,10-12,15H2,1-4H3,(H,26,29)(H2,25,27,28);1H. The van der Waals surface area contributed by atoms with Crippen LogP contribution in [-0.4, -0.2) is 51.8 Å². The zero-order valence-electron chi connectivity index (χ0n) is 19.6. The summed E-state index contributed by atoms with van der Waals surface area (Å²) in [5.74, 6) is 3.00. The van der Waals surface area contributed by atoms with Gasteiger partial charge in [-0.05, 0) is 50.2 Å². The molecule has 0 saturated heterocycles. The number of benzene rings is 2. The molecule has 2 aromatic rings. The molecule has 1 amide bonds. The fourth-order valence-electron chi connectivity index (χ4n) is 3.51. The molecule has 0 aromatic heterocycles. The first-order valence-electron chi connectivity index (χ1n) is 10.9. The highest BCUT2D eigenvalue weighted by molar-refractivity contribution is 14.0. The lowest BCUT2D eigenvalue weighted by Crippen LogP contribution is -2.41. The third-order valence-corrected chi connectivity index (χ3v) is 5.10. The van der Waals surface area contributed by atoms with Crippen LogP contribution in [0.1, 0.15) is 35.3 Å². The Morgan fingerprint density at radius 1 is 1.15 bits per heavy atom. The molecule has 0 radical (unpaired) electrons. The van der Waals surface area contributed by atoms with E-state index in [1.165, 1.54) is 5.56 Å². The molecule has 3 rings (SSSR count). The number of hydrogen-bond donors (Lipinski definition) is 3. The van der Waals surface area contributed by atoms with Gasteiger partial charge in [-0.15, -0.1) is 24.0 Å². The molecule has 0 saturated carbocycles. The Bertz CT molecular complexity index is 950. The number of aliphatic imine (C=N–C) groups is 1. The average molecular weight is 568 g/mol. The fourth-order valence-corrected chi connectivity index (χ4v) is 3.51. The maximum Gasteiger partial charge on any atom is 0.251 e. The van der Waals surface area contributed by atoms with Crippen molar-refractivity contribution in [2.45, 2.75) is 32.9 Å². The van der Waals surface area contributed by atoms with E-state index in [-0.39, 0.29) is 36.0 Å². The lowest BCUT2D eigenvalue weighted by molar-refractivity contribution is 0.0954. The maximum atomic E-state index is 12.2. The zero-order chi connectivity index (χ0) is 22.9. The highest BCUT2D eigenvalue weighted by atomic mass is 127. The minimum Gasteiger partial charge on any atom is -0.497 e. The third-order valence-electron chi connectivity index (χ3n) is 5.10. The van der Waals surface area contributed by atoms with Gasteiger partial charge in [0.05, 0.1) is 13.7 Å². The van der Waals surface area contributed by atoms with Gasteiger partial charge in [0.2, 0.25) is 0 Å². The molecule has 1 aliphatic heterocycles. The molecule has 0 fully saturated rings. The van der Waals surface area contributed by atoms with Gasteiger partial charge >= 0.3 is 0 Å². The zero-order valence-corrected chi connectivity index (χ0v) is 21.9. The van der Waals surface area contributed by atoms with Crippen LogP contribution in [0.4, 0.5) is 0 Å². The lowest BCUT2D eigenvalue weighted by atomic mass is 10.1. The normalized spacial score (nSPS) is 14.4. The monoisotopic (exact) mass is 568 g/mol. The summed E-state index contributed by atoms with van der Waals surface area (Å²) in [6.45, 7) is 6.17. The van der Waals surface area contributed by atoms with Crippen LogP contribution in [0.5, 0.6) is 17.2 Å². The SMILES string of the molecule is CCOc1cc2c(cc1CNC(=NC)NCCNC(=O)c1ccc(OC)cc1)OC(C)C2.I. The van der Waals surface area contributed by atoms with Gasteiger partial charge in [-0.2, -0.15) is 0 Å². The minimum atomic E-state index is -0.133. The Kier molecular flexibility index (Phi) is 10.6. The van der Waals surface area contributed by atoms with Gasteiger partial charge in [0.1, 0.15) is 23.4 Å². The summed E-state index contributed by atoms with van der Waals surface area (Å²) in [4.78, 5) is 16.5. The maximum absolute atomic E-state index is 12.2. The fraction of sp³-hybridized carbons (Fsp3) is 0.417. The van der Waals surface area contributed by atoms with E-state index in [2.05, 4.69) is 33.9 Å². The smallest absolute Gasteiger partial charge is 0.251 e. The van der Waals surface area contributed by atoms with E-state index in [9.17, 15) is 4.79 Å². The van der Waals surface area contributed by atoms with Crippen molar-refractivity contribution in [1.82, 2.24) is 16.0 Å². The van der Waals surface area contributed by atoms with E-state index in [4.69, 9.17) is 14.2 Å². The van der Waals surface area contributed by atoms with Gasteiger partial charge in [0.15, 0.2) is 5.96 Å². The summed E-state index contributed by atoms with van der Waals surface area (Å²) in [5, 5.41) is 9.39. The summed E-state index contributed by atoms with van der Waals surface area (Å²) in [5.41, 5.74) is 2.78. The lowest BCUT2D eigenvalue weighted by Gasteiger charge is -2.16. The Morgan fingerprint density at radius 3 is 2.55 bits per heavy atom. The number of carbonyl (C=O) groups excluding carboxylic acids is 1. The predicted molar refractivity (Wildman–Crippen MR) is 140 cm³/mol. The molecule has 1 atom stereocenters. The molecule has 0 spiro atoms. The Hall–Kier alpha value is -2.69. The van der Waals surface area contributed by atoms with Crippen LogP contribution in [0.15, 0.2) is 41.4 Å². The van der Waals surface area contributed by atoms with Crippen LogP contribution in [0.3, 0.4) is 0 Å². The van der Waals surface area contributed by atoms with Crippen molar-refractivity contribution in [2.24, 2.45) is 4.99 Å². The number of ether oxygens (including phenoxy) is 3. The van der Waals surface area contributed by atoms with Crippen molar-refractivity contribution in [1.29, 1.82) is 0 Å². The number of hydrogen-bond acceptors (Lipinski definition) is 5. The van der Waals surface area contributed by atoms with Crippen LogP contribution in [0.25, 0.3) is 0 Å². The number of nitrogens with one attached hydrogen (secondary N) is 3. The Labute approximate surface area is 212 Å². The predicted octanol–water partition coefficient (Wildman–Crippen LogP) is 3.13. The van der Waals surface area contributed by atoms with Crippen LogP contribution in [-0.2, 0) is 13.0 Å². The van der Waals surface area contributed by atoms with Crippen molar-refractivity contribution >= 4 is 35.8 Å². The summed E-state index contributed by atoms with van der Waals surface area (Å²) in [7, 11) is 3.31. The summed E-state index contributed by atoms with van der Waals surface area (Å²) < 4.78 is 16.8. The van der Waals surface area contributed by atoms with E-state index in [0.717, 1.165) is 29.2 Å². The van der Waals surface area contributed by atoms with Crippen molar-refractivity contribution in [3.63, 3.8) is 0 Å². The third kappa shape index (κ3) is 7.41. The van der Waals surface area contributed by atoms with Crippen molar-refractivity contribution in [3.05, 3.63) is 53.1 Å². The van der Waals surface area contributed by atoms with Gasteiger partial charge in [-0.1, -0.05) is 0 Å². The molecule has 1 heterocycles. The second-order valence-corrected chi connectivity index (χ2v) is 7.47. The van der Waals surface area contributed by atoms with Crippen LogP contribution in [0.2, 0.25) is 0 Å². The van der Waals surface area contributed by atoms with E-state index < -0.39 is 0 Å². The largest absolute Gasteiger partial charge is 0.497 e. The Balaban J connectivity index is 0.00000385. The number of amides is 1. The van der Waals surface area contributed by atoms with Crippen molar-refractivity contribution < 1.29 is 19.0 Å². The highest BCUT2D eigenvalue weighted by Gasteiger charge is 2.21. The number of carbonyl (C=O) groups is 1. The number of methoxy groups -OCH3 is 1. The first-order chi connectivity index (χ1) is 15.5. The first kappa shape index (κ1) is 26.6. The van der Waals surface area contributed by atoms with Crippen molar-refractivity contribution in [3.8, 4) is 17.2 Å². The number of nitrogens with zero attached hydrogens (tertiary/aromatic N) is 1. The molecule has 0 bridgehead atoms. The quantitative estimate of drug-likeness (QED) is 0.186. The number of rotatable bonds is 9. The molecule has 3 N–H and O–H groups in total. The average Bonchev–Trinajstić information content (AvgIpc) is 3.17. The number of fused-ring (bicyclic) bond motifs is 1. The molecular weight excluding hydrogens is 535 g/mol. The van der Waals surface area contributed by atoms with Gasteiger partial charge < -0.3 is 30.2 Å². The van der Waals surface area contributed by atoms with Crippen LogP contribution >= 0.6 is 24.0 Å². The van der Waals surface area contributed by atoms with Gasteiger partial charge in [0.25, 0.3) is 5.91 Å². The van der Waals surface area contributed by atoms with E-state index in [0.29, 0.717) is 37.8 Å². The molecule has 8 nitrogen and oxygen atoms in total. The second-order valence-electron chi connectivity index (χ2n) is 7.47. The molecule has 33 heavy (non-hydrogen) atoms. The molecule has 1 aliphatic rings. The minimum absolute atomic E-state index is 0. The molecule has 1 unspecified atom stereocenters. The number of halogens is 1. The van der Waals surface area contributed by atoms with Crippen LogP contribution < -0.4 is 30.2 Å². The second kappa shape index (κ2) is 13.1. The van der Waals surface area contributed by atoms with E-state index in [1.54, 1.807) is 38.4 Å². The highest BCUT2D eigenvalue weighted by Crippen LogP contribution is 2.35. The Morgan fingerprint density at radius 2 is 1.88 bits per heavy atom. The molecule has 0 aliphatic carbocycles. The van der Waals surface area contributed by atoms with Gasteiger partial charge in [0, 0.05) is 49.8 Å². The van der Waals surface area contributed by atoms with Crippen LogP contribution in [0, 0.1) is 0 Å². The van der Waals surface area contributed by atoms with Crippen molar-refractivity contribution in [2.75, 3.05) is 33.9 Å². The summed E-state index contributed by atoms with van der Waals surface area (Å²) >= 11 is 0. The van der Waals surface area contributed by atoms with Gasteiger partial charge in [-0.25, -0.2) is 0 Å². The topological polar surface area (TPSA) is 93.2 Å². The molecule has 9 heteroatoms. The molecular formula is C24H33IN4O4. The van der Waals surface area contributed by atoms with E-state index in [1.807, 2.05) is 13.0 Å². The summed E-state index contributed by atoms with van der Waals surface area (Å²) in [6, 6.07) is 11.1. The van der Waals surface area contributed by atoms with E-state index >= 15 is 0 Å². The molecule has 2 aromatic carbocycles. The first-order valence-corrected chi connectivity index (χ1v) is 10.9. The number of guanidine groups is 1. The van der Waals surface area contributed by atoms with Gasteiger partial charge in [-0.3, -0.25) is 9.79 Å².